The van der Waals surface area contributed by atoms with E-state index in [2.05, 4.69) is 4.98 Å². The van der Waals surface area contributed by atoms with Gasteiger partial charge >= 0.3 is 13.1 Å². The lowest BCUT2D eigenvalue weighted by Crippen LogP contribution is -2.30. The van der Waals surface area contributed by atoms with Crippen molar-refractivity contribution in [3.05, 3.63) is 24.0 Å². The zero-order chi connectivity index (χ0) is 10.6. The molecule has 0 radical (unpaired) electrons. The van der Waals surface area contributed by atoms with Crippen molar-refractivity contribution >= 4 is 31.0 Å². The van der Waals surface area contributed by atoms with Crippen molar-refractivity contribution in [2.24, 2.45) is 0 Å². The lowest BCUT2D eigenvalue weighted by Gasteiger charge is -2.02. The molecule has 0 aliphatic rings. The van der Waals surface area contributed by atoms with E-state index in [1.54, 1.807) is 6.92 Å². The molecule has 0 saturated heterocycles. The number of hydrogen-bond donors (Lipinski definition) is 2. The van der Waals surface area contributed by atoms with E-state index in [9.17, 15) is 4.79 Å². The van der Waals surface area contributed by atoms with E-state index in [-0.39, 0.29) is 30.2 Å². The van der Waals surface area contributed by atoms with Gasteiger partial charge in [-0.2, -0.15) is 0 Å². The summed E-state index contributed by atoms with van der Waals surface area (Å²) in [5, 5.41) is 17.7. The van der Waals surface area contributed by atoms with Crippen LogP contribution < -0.4 is 5.46 Å². The van der Waals surface area contributed by atoms with Crippen LogP contribution in [0.4, 0.5) is 0 Å². The minimum atomic E-state index is -1.61. The SMILES string of the molecule is CCOC(=O)c1cc(B(O)O)ccn1.Cl. The number of pyridine rings is 1. The van der Waals surface area contributed by atoms with E-state index in [4.69, 9.17) is 14.8 Å². The second-order valence-electron chi connectivity index (χ2n) is 2.57. The Hall–Kier alpha value is -1.11. The molecule has 0 aromatic carbocycles. The normalized spacial score (nSPS) is 9.00. The average Bonchev–Trinajstić information content (AvgIpc) is 2.18. The van der Waals surface area contributed by atoms with Gasteiger partial charge in [0.2, 0.25) is 0 Å². The summed E-state index contributed by atoms with van der Waals surface area (Å²) < 4.78 is 4.70. The van der Waals surface area contributed by atoms with E-state index in [1.807, 2.05) is 0 Å². The van der Waals surface area contributed by atoms with Gasteiger partial charge in [0.25, 0.3) is 0 Å². The highest BCUT2D eigenvalue weighted by molar-refractivity contribution is 6.58. The molecule has 0 aliphatic carbocycles. The molecule has 82 valence electrons. The number of carbonyl (C=O) groups excluding carboxylic acids is 1. The van der Waals surface area contributed by atoms with Gasteiger partial charge in [0.15, 0.2) is 0 Å². The molecule has 0 bridgehead atoms. The van der Waals surface area contributed by atoms with Crippen molar-refractivity contribution in [3.8, 4) is 0 Å². The number of hydrogen-bond acceptors (Lipinski definition) is 5. The minimum absolute atomic E-state index is 0. The first-order chi connectivity index (χ1) is 6.65. The third-order valence-electron chi connectivity index (χ3n) is 1.57. The van der Waals surface area contributed by atoms with Crippen LogP contribution in [0.5, 0.6) is 0 Å². The molecule has 0 saturated carbocycles. The number of carbonyl (C=O) groups is 1. The molecule has 0 unspecified atom stereocenters. The van der Waals surface area contributed by atoms with Crippen LogP contribution in [-0.4, -0.2) is 34.7 Å². The Morgan fingerprint density at radius 1 is 1.60 bits per heavy atom. The van der Waals surface area contributed by atoms with Gasteiger partial charge in [-0.05, 0) is 24.5 Å². The van der Waals surface area contributed by atoms with Crippen molar-refractivity contribution < 1.29 is 19.6 Å². The lowest BCUT2D eigenvalue weighted by atomic mass is 9.81. The molecule has 0 atom stereocenters. The average molecular weight is 231 g/mol. The topological polar surface area (TPSA) is 79.7 Å². The van der Waals surface area contributed by atoms with Crippen molar-refractivity contribution in [1.82, 2.24) is 4.98 Å². The molecule has 0 amide bonds. The molecule has 0 aliphatic heterocycles. The lowest BCUT2D eigenvalue weighted by molar-refractivity contribution is 0.0519. The molecule has 1 aromatic heterocycles. The Balaban J connectivity index is 0.00000196. The number of halogens is 1. The van der Waals surface area contributed by atoms with E-state index in [0.717, 1.165) is 0 Å². The second kappa shape index (κ2) is 6.39. The minimum Gasteiger partial charge on any atom is -0.461 e. The molecule has 0 fully saturated rings. The smallest absolute Gasteiger partial charge is 0.461 e. The van der Waals surface area contributed by atoms with Gasteiger partial charge in [-0.25, -0.2) is 9.78 Å². The molecule has 5 nitrogen and oxygen atoms in total. The standard InChI is InChI=1S/C8H10BNO4.ClH/c1-2-14-8(11)7-5-6(9(12)13)3-4-10-7;/h3-5,12-13H,2H2,1H3;1H. The molecular weight excluding hydrogens is 220 g/mol. The van der Waals surface area contributed by atoms with Crippen LogP contribution in [0.15, 0.2) is 18.3 Å². The second-order valence-corrected chi connectivity index (χ2v) is 2.57. The van der Waals surface area contributed by atoms with Gasteiger partial charge in [0, 0.05) is 6.20 Å². The third kappa shape index (κ3) is 3.87. The molecule has 1 aromatic rings. The highest BCUT2D eigenvalue weighted by Gasteiger charge is 2.14. The van der Waals surface area contributed by atoms with E-state index < -0.39 is 13.1 Å². The molecular formula is C8H11BClNO4. The maximum atomic E-state index is 11.2. The highest BCUT2D eigenvalue weighted by Crippen LogP contribution is 1.95. The molecule has 7 heteroatoms. The monoisotopic (exact) mass is 231 g/mol. The first-order valence-electron chi connectivity index (χ1n) is 4.14. The Morgan fingerprint density at radius 3 is 2.80 bits per heavy atom. The van der Waals surface area contributed by atoms with E-state index >= 15 is 0 Å². The van der Waals surface area contributed by atoms with Crippen LogP contribution >= 0.6 is 12.4 Å². The quantitative estimate of drug-likeness (QED) is 0.534. The molecule has 0 spiro atoms. The highest BCUT2D eigenvalue weighted by atomic mass is 35.5. The van der Waals surface area contributed by atoms with Crippen LogP contribution in [0.3, 0.4) is 0 Å². The Labute approximate surface area is 93.7 Å². The molecule has 1 heterocycles. The summed E-state index contributed by atoms with van der Waals surface area (Å²) >= 11 is 0. The Morgan fingerprint density at radius 2 is 2.27 bits per heavy atom. The fraction of sp³-hybridized carbons (Fsp3) is 0.250. The van der Waals surface area contributed by atoms with E-state index in [0.29, 0.717) is 0 Å². The fourth-order valence-corrected chi connectivity index (χ4v) is 0.924. The third-order valence-corrected chi connectivity index (χ3v) is 1.57. The predicted molar refractivity (Wildman–Crippen MR) is 57.3 cm³/mol. The molecule has 15 heavy (non-hydrogen) atoms. The van der Waals surface area contributed by atoms with Crippen LogP contribution in [0.2, 0.25) is 0 Å². The zero-order valence-electron chi connectivity index (χ0n) is 8.08. The van der Waals surface area contributed by atoms with Crippen LogP contribution in [0.25, 0.3) is 0 Å². The summed E-state index contributed by atoms with van der Waals surface area (Å²) in [5.74, 6) is -0.574. The summed E-state index contributed by atoms with van der Waals surface area (Å²) in [7, 11) is -1.61. The van der Waals surface area contributed by atoms with Gasteiger partial charge in [-0.3, -0.25) is 0 Å². The summed E-state index contributed by atoms with van der Waals surface area (Å²) in [6, 6.07) is 2.69. The maximum absolute atomic E-state index is 11.2. The van der Waals surface area contributed by atoms with Crippen molar-refractivity contribution in [3.63, 3.8) is 0 Å². The summed E-state index contributed by atoms with van der Waals surface area (Å²) in [5.41, 5.74) is 0.278. The van der Waals surface area contributed by atoms with Gasteiger partial charge in [0.05, 0.1) is 6.61 Å². The maximum Gasteiger partial charge on any atom is 0.488 e. The van der Waals surface area contributed by atoms with E-state index in [1.165, 1.54) is 18.3 Å². The summed E-state index contributed by atoms with van der Waals surface area (Å²) in [6.45, 7) is 1.94. The van der Waals surface area contributed by atoms with Gasteiger partial charge in [-0.15, -0.1) is 12.4 Å². The van der Waals surface area contributed by atoms with Gasteiger partial charge in [-0.1, -0.05) is 0 Å². The molecule has 1 rings (SSSR count). The fourth-order valence-electron chi connectivity index (χ4n) is 0.924. The number of rotatable bonds is 3. The summed E-state index contributed by atoms with van der Waals surface area (Å²) in [6.07, 6.45) is 1.32. The Bertz CT molecular complexity index is 334. The van der Waals surface area contributed by atoms with Crippen LogP contribution in [0.1, 0.15) is 17.4 Å². The largest absolute Gasteiger partial charge is 0.488 e. The van der Waals surface area contributed by atoms with Crippen molar-refractivity contribution in [2.75, 3.05) is 6.61 Å². The van der Waals surface area contributed by atoms with Gasteiger partial charge in [0.1, 0.15) is 5.69 Å². The predicted octanol–water partition coefficient (Wildman–Crippen LogP) is -0.640. The Kier molecular flexibility index (Phi) is 5.92. The first kappa shape index (κ1) is 13.9. The van der Waals surface area contributed by atoms with Crippen LogP contribution in [-0.2, 0) is 4.74 Å². The number of esters is 1. The number of ether oxygens (including phenoxy) is 1. The zero-order valence-corrected chi connectivity index (χ0v) is 8.90. The molecule has 2 N–H and O–H groups in total. The number of aromatic nitrogens is 1. The summed E-state index contributed by atoms with van der Waals surface area (Å²) in [4.78, 5) is 14.9. The van der Waals surface area contributed by atoms with Crippen molar-refractivity contribution in [1.29, 1.82) is 0 Å². The van der Waals surface area contributed by atoms with Gasteiger partial charge < -0.3 is 14.8 Å². The first-order valence-corrected chi connectivity index (χ1v) is 4.14. The van der Waals surface area contributed by atoms with Crippen LogP contribution in [0, 0.1) is 0 Å². The van der Waals surface area contributed by atoms with Crippen molar-refractivity contribution in [2.45, 2.75) is 6.92 Å². The number of nitrogens with zero attached hydrogens (tertiary/aromatic N) is 1.